The van der Waals surface area contributed by atoms with Crippen LogP contribution in [0.3, 0.4) is 0 Å². The lowest BCUT2D eigenvalue weighted by Gasteiger charge is -2.24. The summed E-state index contributed by atoms with van der Waals surface area (Å²) in [7, 11) is 0. The van der Waals surface area contributed by atoms with E-state index in [-0.39, 0.29) is 24.2 Å². The van der Waals surface area contributed by atoms with E-state index >= 15 is 0 Å². The fraction of sp³-hybridized carbons (Fsp3) is 0.357. The highest BCUT2D eigenvalue weighted by Gasteiger charge is 2.19. The van der Waals surface area contributed by atoms with E-state index in [2.05, 4.69) is 4.98 Å². The first-order valence-electron chi connectivity index (χ1n) is 6.53. The number of thioether (sulfide) groups is 1. The van der Waals surface area contributed by atoms with Crippen LogP contribution < -0.4 is 5.73 Å². The number of nitrogens with two attached hydrogens (primary N) is 1. The molecule has 0 saturated heterocycles. The van der Waals surface area contributed by atoms with E-state index in [1.165, 1.54) is 16.7 Å². The van der Waals surface area contributed by atoms with Crippen LogP contribution in [0.4, 0.5) is 0 Å². The topological polar surface area (TPSA) is 76.3 Å². The zero-order valence-electron chi connectivity index (χ0n) is 11.9. The first kappa shape index (κ1) is 15.8. The lowest BCUT2D eigenvalue weighted by Crippen LogP contribution is -2.43. The van der Waals surface area contributed by atoms with Crippen LogP contribution in [0, 0.1) is 0 Å². The molecule has 0 aliphatic carbocycles. The molecule has 0 fully saturated rings. The van der Waals surface area contributed by atoms with E-state index < -0.39 is 5.91 Å². The van der Waals surface area contributed by atoms with Crippen LogP contribution in [0.2, 0.25) is 0 Å². The lowest BCUT2D eigenvalue weighted by atomic mass is 10.3. The molecule has 2 rings (SSSR count). The van der Waals surface area contributed by atoms with Crippen LogP contribution in [0.5, 0.6) is 0 Å². The number of para-hydroxylation sites is 1. The summed E-state index contributed by atoms with van der Waals surface area (Å²) < 4.78 is 1.96. The van der Waals surface area contributed by atoms with E-state index in [1.807, 2.05) is 38.1 Å². The highest BCUT2D eigenvalue weighted by atomic mass is 32.2. The number of thiazole rings is 1. The van der Waals surface area contributed by atoms with Crippen molar-refractivity contribution in [1.29, 1.82) is 0 Å². The normalized spacial score (nSPS) is 11.0. The third-order valence-electron chi connectivity index (χ3n) is 2.86. The van der Waals surface area contributed by atoms with Gasteiger partial charge >= 0.3 is 0 Å². The summed E-state index contributed by atoms with van der Waals surface area (Å²) in [6.07, 6.45) is 0. The van der Waals surface area contributed by atoms with Gasteiger partial charge in [0.2, 0.25) is 11.8 Å². The Bertz CT molecular complexity index is 621. The number of carbonyl (C=O) groups excluding carboxylic acids is 2. The highest BCUT2D eigenvalue weighted by molar-refractivity contribution is 8.01. The standard InChI is InChI=1S/C14H17N3O2S2/c1-9(2)17(7-12(15)18)13(19)8-20-14-16-10-5-3-4-6-11(10)21-14/h3-6,9H,7-8H2,1-2H3,(H2,15,18). The van der Waals surface area contributed by atoms with Crippen molar-refractivity contribution in [1.82, 2.24) is 9.88 Å². The van der Waals surface area contributed by atoms with Crippen LogP contribution in [0.1, 0.15) is 13.8 Å². The predicted octanol–water partition coefficient (Wildman–Crippen LogP) is 2.11. The van der Waals surface area contributed by atoms with Gasteiger partial charge in [0.25, 0.3) is 0 Å². The van der Waals surface area contributed by atoms with Crippen LogP contribution >= 0.6 is 23.1 Å². The molecule has 2 amide bonds. The molecular formula is C14H17N3O2S2. The Kier molecular flexibility index (Phi) is 5.19. The fourth-order valence-corrected chi connectivity index (χ4v) is 3.80. The number of aromatic nitrogens is 1. The van der Waals surface area contributed by atoms with Crippen LogP contribution in [0.25, 0.3) is 10.2 Å². The van der Waals surface area contributed by atoms with Gasteiger partial charge in [-0.3, -0.25) is 9.59 Å². The van der Waals surface area contributed by atoms with E-state index in [0.29, 0.717) is 0 Å². The number of hydrogen-bond acceptors (Lipinski definition) is 5. The number of rotatable bonds is 6. The minimum atomic E-state index is -0.498. The molecule has 21 heavy (non-hydrogen) atoms. The van der Waals surface area contributed by atoms with Gasteiger partial charge in [-0.05, 0) is 26.0 Å². The fourth-order valence-electron chi connectivity index (χ4n) is 1.85. The predicted molar refractivity (Wildman–Crippen MR) is 86.4 cm³/mol. The SMILES string of the molecule is CC(C)N(CC(N)=O)C(=O)CSc1nc2ccccc2s1. The van der Waals surface area contributed by atoms with Crippen molar-refractivity contribution in [3.05, 3.63) is 24.3 Å². The molecule has 5 nitrogen and oxygen atoms in total. The average molecular weight is 323 g/mol. The summed E-state index contributed by atoms with van der Waals surface area (Å²) in [4.78, 5) is 29.2. The Morgan fingerprint density at radius 3 is 2.71 bits per heavy atom. The molecule has 1 aromatic carbocycles. The molecule has 2 N–H and O–H groups in total. The van der Waals surface area contributed by atoms with Gasteiger partial charge in [-0.2, -0.15) is 0 Å². The zero-order valence-corrected chi connectivity index (χ0v) is 13.5. The first-order chi connectivity index (χ1) is 9.97. The molecule has 0 atom stereocenters. The summed E-state index contributed by atoms with van der Waals surface area (Å²) in [6, 6.07) is 7.81. The average Bonchev–Trinajstić information content (AvgIpc) is 2.84. The molecular weight excluding hydrogens is 306 g/mol. The van der Waals surface area contributed by atoms with Crippen molar-refractivity contribution < 1.29 is 9.59 Å². The van der Waals surface area contributed by atoms with Crippen LogP contribution in [-0.4, -0.2) is 40.0 Å². The largest absolute Gasteiger partial charge is 0.368 e. The Hall–Kier alpha value is -1.60. The molecule has 2 aromatic rings. The summed E-state index contributed by atoms with van der Waals surface area (Å²) in [6.45, 7) is 3.68. The Labute approximate surface area is 131 Å². The van der Waals surface area contributed by atoms with Crippen molar-refractivity contribution >= 4 is 45.1 Å². The second-order valence-corrected chi connectivity index (χ2v) is 7.07. The van der Waals surface area contributed by atoms with Gasteiger partial charge in [0.15, 0.2) is 4.34 Å². The van der Waals surface area contributed by atoms with Crippen molar-refractivity contribution in [2.75, 3.05) is 12.3 Å². The number of fused-ring (bicyclic) bond motifs is 1. The molecule has 0 radical (unpaired) electrons. The molecule has 7 heteroatoms. The van der Waals surface area contributed by atoms with Gasteiger partial charge in [-0.15, -0.1) is 11.3 Å². The molecule has 0 saturated carbocycles. The van der Waals surface area contributed by atoms with Gasteiger partial charge in [-0.25, -0.2) is 4.98 Å². The number of amides is 2. The Morgan fingerprint density at radius 1 is 1.38 bits per heavy atom. The first-order valence-corrected chi connectivity index (χ1v) is 8.33. The van der Waals surface area contributed by atoms with Crippen LogP contribution in [-0.2, 0) is 9.59 Å². The molecule has 0 aliphatic heterocycles. The minimum absolute atomic E-state index is 0.0447. The van der Waals surface area contributed by atoms with Crippen molar-refractivity contribution in [3.8, 4) is 0 Å². The summed E-state index contributed by atoms with van der Waals surface area (Å²) in [5.41, 5.74) is 6.12. The van der Waals surface area contributed by atoms with E-state index in [1.54, 1.807) is 11.3 Å². The van der Waals surface area contributed by atoms with Crippen molar-refractivity contribution in [3.63, 3.8) is 0 Å². The highest BCUT2D eigenvalue weighted by Crippen LogP contribution is 2.29. The Morgan fingerprint density at radius 2 is 2.10 bits per heavy atom. The van der Waals surface area contributed by atoms with Gasteiger partial charge < -0.3 is 10.6 Å². The van der Waals surface area contributed by atoms with Gasteiger partial charge in [0.05, 0.1) is 22.5 Å². The molecule has 0 spiro atoms. The van der Waals surface area contributed by atoms with Gasteiger partial charge in [-0.1, -0.05) is 23.9 Å². The maximum Gasteiger partial charge on any atom is 0.237 e. The van der Waals surface area contributed by atoms with E-state index in [0.717, 1.165) is 14.6 Å². The summed E-state index contributed by atoms with van der Waals surface area (Å²) in [5.74, 6) is -0.347. The molecule has 0 bridgehead atoms. The zero-order chi connectivity index (χ0) is 15.4. The third kappa shape index (κ3) is 4.18. The number of hydrogen-bond donors (Lipinski definition) is 1. The molecule has 0 unspecified atom stereocenters. The smallest absolute Gasteiger partial charge is 0.237 e. The van der Waals surface area contributed by atoms with Gasteiger partial charge in [0, 0.05) is 6.04 Å². The maximum atomic E-state index is 12.2. The van der Waals surface area contributed by atoms with E-state index in [4.69, 9.17) is 5.73 Å². The Balaban J connectivity index is 2.00. The molecule has 1 heterocycles. The minimum Gasteiger partial charge on any atom is -0.368 e. The number of primary amides is 1. The van der Waals surface area contributed by atoms with E-state index in [9.17, 15) is 9.59 Å². The molecule has 1 aromatic heterocycles. The van der Waals surface area contributed by atoms with Gasteiger partial charge in [0.1, 0.15) is 0 Å². The number of nitrogens with zero attached hydrogens (tertiary/aromatic N) is 2. The summed E-state index contributed by atoms with van der Waals surface area (Å²) in [5, 5.41) is 0. The molecule has 0 aliphatic rings. The monoisotopic (exact) mass is 323 g/mol. The molecule has 112 valence electrons. The second-order valence-electron chi connectivity index (χ2n) is 4.82. The van der Waals surface area contributed by atoms with Crippen molar-refractivity contribution in [2.24, 2.45) is 5.73 Å². The van der Waals surface area contributed by atoms with Crippen LogP contribution in [0.15, 0.2) is 28.6 Å². The number of benzene rings is 1. The quantitative estimate of drug-likeness (QED) is 0.826. The van der Waals surface area contributed by atoms with Crippen molar-refractivity contribution in [2.45, 2.75) is 24.2 Å². The lowest BCUT2D eigenvalue weighted by molar-refractivity contribution is -0.134. The third-order valence-corrected chi connectivity index (χ3v) is 5.03. The maximum absolute atomic E-state index is 12.2. The number of carbonyl (C=O) groups is 2. The second kappa shape index (κ2) is 6.91. The summed E-state index contributed by atoms with van der Waals surface area (Å²) >= 11 is 2.95.